The second kappa shape index (κ2) is 5.43. The van der Waals surface area contributed by atoms with E-state index >= 15 is 0 Å². The molecule has 13 heavy (non-hydrogen) atoms. The Kier molecular flexibility index (Phi) is 4.51. The van der Waals surface area contributed by atoms with Crippen molar-refractivity contribution in [1.29, 1.82) is 0 Å². The Balaban J connectivity index is 2.76. The molecular weight excluding hydrogens is 224 g/mol. The predicted molar refractivity (Wildman–Crippen MR) is 62.5 cm³/mol. The van der Waals surface area contributed by atoms with Crippen LogP contribution in [0.2, 0.25) is 0 Å². The summed E-state index contributed by atoms with van der Waals surface area (Å²) in [6.07, 6.45) is 2.51. The van der Waals surface area contributed by atoms with Crippen molar-refractivity contribution in [3.8, 4) is 0 Å². The molecule has 2 unspecified atom stereocenters. The van der Waals surface area contributed by atoms with Crippen LogP contribution in [0.5, 0.6) is 0 Å². The largest absolute Gasteiger partial charge is 0.0887 e. The van der Waals surface area contributed by atoms with E-state index < -0.39 is 0 Å². The lowest BCUT2D eigenvalue weighted by Gasteiger charge is -2.19. The first-order valence-electron chi connectivity index (χ1n) is 4.94. The van der Waals surface area contributed by atoms with Crippen molar-refractivity contribution in [1.82, 2.24) is 0 Å². The molecule has 0 aliphatic rings. The summed E-state index contributed by atoms with van der Waals surface area (Å²) in [4.78, 5) is 0.565. The number of benzene rings is 1. The van der Waals surface area contributed by atoms with Crippen LogP contribution in [0.3, 0.4) is 0 Å². The van der Waals surface area contributed by atoms with E-state index in [0.717, 1.165) is 0 Å². The van der Waals surface area contributed by atoms with E-state index in [1.807, 2.05) is 0 Å². The Bertz CT molecular complexity index is 228. The zero-order chi connectivity index (χ0) is 9.68. The zero-order valence-corrected chi connectivity index (χ0v) is 9.92. The average Bonchev–Trinajstić information content (AvgIpc) is 2.15. The summed E-state index contributed by atoms with van der Waals surface area (Å²) in [5.41, 5.74) is 1.45. The van der Waals surface area contributed by atoms with E-state index in [-0.39, 0.29) is 0 Å². The smallest absolute Gasteiger partial charge is 0.0186 e. The van der Waals surface area contributed by atoms with Crippen LogP contribution in [0.15, 0.2) is 30.3 Å². The molecule has 0 aliphatic carbocycles. The van der Waals surface area contributed by atoms with Crippen LogP contribution in [0.4, 0.5) is 0 Å². The summed E-state index contributed by atoms with van der Waals surface area (Å²) >= 11 is 3.68. The first-order valence-corrected chi connectivity index (χ1v) is 5.86. The molecular formula is C12H17Br. The third kappa shape index (κ3) is 3.15. The Morgan fingerprint density at radius 2 is 1.85 bits per heavy atom. The first-order chi connectivity index (χ1) is 6.25. The van der Waals surface area contributed by atoms with Crippen LogP contribution < -0.4 is 0 Å². The van der Waals surface area contributed by atoms with Gasteiger partial charge in [0, 0.05) is 4.83 Å². The molecule has 0 bridgehead atoms. The van der Waals surface area contributed by atoms with E-state index in [2.05, 4.69) is 60.1 Å². The standard InChI is InChI=1S/C12H17Br/c1-3-7-12(10(2)13)11-8-5-4-6-9-11/h4-6,8-10,12H,3,7H2,1-2H3. The second-order valence-corrected chi connectivity index (χ2v) is 4.93. The lowest BCUT2D eigenvalue weighted by Crippen LogP contribution is -2.08. The van der Waals surface area contributed by atoms with Gasteiger partial charge in [-0.1, -0.05) is 66.5 Å². The lowest BCUT2D eigenvalue weighted by atomic mass is 9.92. The first kappa shape index (κ1) is 10.8. The third-order valence-corrected chi connectivity index (χ3v) is 3.02. The molecule has 0 fully saturated rings. The van der Waals surface area contributed by atoms with E-state index in [9.17, 15) is 0 Å². The second-order valence-electron chi connectivity index (χ2n) is 3.48. The van der Waals surface area contributed by atoms with Gasteiger partial charge in [0.1, 0.15) is 0 Å². The molecule has 0 amide bonds. The van der Waals surface area contributed by atoms with Gasteiger partial charge in [-0.3, -0.25) is 0 Å². The van der Waals surface area contributed by atoms with Gasteiger partial charge in [0.05, 0.1) is 0 Å². The summed E-state index contributed by atoms with van der Waals surface area (Å²) in [7, 11) is 0. The Hall–Kier alpha value is -0.300. The van der Waals surface area contributed by atoms with Crippen LogP contribution in [-0.4, -0.2) is 4.83 Å². The minimum absolute atomic E-state index is 0.565. The highest BCUT2D eigenvalue weighted by Gasteiger charge is 2.14. The lowest BCUT2D eigenvalue weighted by molar-refractivity contribution is 0.613. The van der Waals surface area contributed by atoms with Crippen LogP contribution in [0, 0.1) is 0 Å². The molecule has 1 rings (SSSR count). The summed E-state index contributed by atoms with van der Waals surface area (Å²) < 4.78 is 0. The van der Waals surface area contributed by atoms with Crippen molar-refractivity contribution in [3.05, 3.63) is 35.9 Å². The molecule has 1 aromatic rings. The molecule has 0 radical (unpaired) electrons. The third-order valence-electron chi connectivity index (χ3n) is 2.38. The van der Waals surface area contributed by atoms with Gasteiger partial charge in [0.15, 0.2) is 0 Å². The number of halogens is 1. The number of hydrogen-bond acceptors (Lipinski definition) is 0. The van der Waals surface area contributed by atoms with Crippen molar-refractivity contribution in [2.45, 2.75) is 37.4 Å². The Morgan fingerprint density at radius 1 is 1.23 bits per heavy atom. The molecule has 0 N–H and O–H groups in total. The normalized spacial score (nSPS) is 15.3. The Morgan fingerprint density at radius 3 is 2.31 bits per heavy atom. The van der Waals surface area contributed by atoms with Crippen molar-refractivity contribution in [3.63, 3.8) is 0 Å². The van der Waals surface area contributed by atoms with E-state index in [1.165, 1.54) is 18.4 Å². The fourth-order valence-electron chi connectivity index (χ4n) is 1.67. The molecule has 0 aliphatic heterocycles. The fourth-order valence-corrected chi connectivity index (χ4v) is 2.24. The fraction of sp³-hybridized carbons (Fsp3) is 0.500. The monoisotopic (exact) mass is 240 g/mol. The molecule has 0 heterocycles. The summed E-state index contributed by atoms with van der Waals surface area (Å²) in [6, 6.07) is 10.8. The molecule has 0 saturated carbocycles. The van der Waals surface area contributed by atoms with Gasteiger partial charge in [-0.25, -0.2) is 0 Å². The van der Waals surface area contributed by atoms with Crippen molar-refractivity contribution in [2.24, 2.45) is 0 Å². The maximum absolute atomic E-state index is 3.68. The van der Waals surface area contributed by atoms with Gasteiger partial charge < -0.3 is 0 Å². The molecule has 1 heteroatoms. The predicted octanol–water partition coefficient (Wildman–Crippen LogP) is 4.35. The number of alkyl halides is 1. The van der Waals surface area contributed by atoms with Crippen LogP contribution in [-0.2, 0) is 0 Å². The maximum Gasteiger partial charge on any atom is 0.0186 e. The van der Waals surface area contributed by atoms with Crippen LogP contribution in [0.25, 0.3) is 0 Å². The van der Waals surface area contributed by atoms with E-state index in [0.29, 0.717) is 10.7 Å². The van der Waals surface area contributed by atoms with Gasteiger partial charge >= 0.3 is 0 Å². The molecule has 72 valence electrons. The highest BCUT2D eigenvalue weighted by molar-refractivity contribution is 9.09. The summed E-state index contributed by atoms with van der Waals surface area (Å²) in [5.74, 6) is 0.659. The Labute approximate surface area is 89.5 Å². The maximum atomic E-state index is 3.68. The van der Waals surface area contributed by atoms with E-state index in [4.69, 9.17) is 0 Å². The number of hydrogen-bond donors (Lipinski definition) is 0. The molecule has 0 spiro atoms. The van der Waals surface area contributed by atoms with Crippen molar-refractivity contribution >= 4 is 15.9 Å². The quantitative estimate of drug-likeness (QED) is 0.687. The van der Waals surface area contributed by atoms with Gasteiger partial charge in [-0.05, 0) is 17.9 Å². The topological polar surface area (TPSA) is 0 Å². The minimum Gasteiger partial charge on any atom is -0.0887 e. The van der Waals surface area contributed by atoms with Crippen LogP contribution in [0.1, 0.15) is 38.2 Å². The van der Waals surface area contributed by atoms with Crippen molar-refractivity contribution in [2.75, 3.05) is 0 Å². The van der Waals surface area contributed by atoms with Gasteiger partial charge in [-0.15, -0.1) is 0 Å². The number of rotatable bonds is 4. The summed E-state index contributed by atoms with van der Waals surface area (Å²) in [6.45, 7) is 4.47. The SMILES string of the molecule is CCCC(c1ccccc1)C(C)Br. The van der Waals surface area contributed by atoms with Gasteiger partial charge in [0.25, 0.3) is 0 Å². The van der Waals surface area contributed by atoms with E-state index in [1.54, 1.807) is 0 Å². The average molecular weight is 241 g/mol. The zero-order valence-electron chi connectivity index (χ0n) is 8.33. The molecule has 1 aromatic carbocycles. The highest BCUT2D eigenvalue weighted by atomic mass is 79.9. The van der Waals surface area contributed by atoms with Crippen molar-refractivity contribution < 1.29 is 0 Å². The minimum atomic E-state index is 0.565. The molecule has 2 atom stereocenters. The molecule has 0 nitrogen and oxygen atoms in total. The molecule has 0 saturated heterocycles. The summed E-state index contributed by atoms with van der Waals surface area (Å²) in [5, 5.41) is 0. The van der Waals surface area contributed by atoms with Gasteiger partial charge in [-0.2, -0.15) is 0 Å². The molecule has 0 aromatic heterocycles. The van der Waals surface area contributed by atoms with Crippen LogP contribution >= 0.6 is 15.9 Å². The van der Waals surface area contributed by atoms with Gasteiger partial charge in [0.2, 0.25) is 0 Å². The highest BCUT2D eigenvalue weighted by Crippen LogP contribution is 2.28.